The van der Waals surface area contributed by atoms with Gasteiger partial charge in [0.05, 0.1) is 4.92 Å². The Hall–Kier alpha value is -1.99. The molecule has 0 radical (unpaired) electrons. The molecule has 0 atom stereocenters. The van der Waals surface area contributed by atoms with Crippen LogP contribution in [0.2, 0.25) is 0 Å². The molecule has 0 heterocycles. The van der Waals surface area contributed by atoms with Crippen LogP contribution < -0.4 is 10.5 Å². The summed E-state index contributed by atoms with van der Waals surface area (Å²) in [6.07, 6.45) is 0. The Bertz CT molecular complexity index is 664. The van der Waals surface area contributed by atoms with Gasteiger partial charge in [-0.2, -0.15) is 0 Å². The number of benzene rings is 2. The zero-order valence-electron chi connectivity index (χ0n) is 10.2. The highest BCUT2D eigenvalue weighted by atomic mass is 79.9. The number of hydrogen-bond donors (Lipinski definition) is 1. The molecule has 0 bridgehead atoms. The minimum atomic E-state index is -0.534. The molecule has 0 aliphatic rings. The molecule has 0 unspecified atom stereocenters. The molecule has 2 N–H and O–H groups in total. The fourth-order valence-electron chi connectivity index (χ4n) is 1.64. The van der Waals surface area contributed by atoms with Crippen LogP contribution in [0, 0.1) is 15.9 Å². The number of ether oxygens (including phenoxy) is 1. The van der Waals surface area contributed by atoms with E-state index in [1.54, 1.807) is 12.1 Å². The summed E-state index contributed by atoms with van der Waals surface area (Å²) in [6.45, 7) is 0.171. The van der Waals surface area contributed by atoms with E-state index in [4.69, 9.17) is 10.5 Å². The Morgan fingerprint density at radius 1 is 1.35 bits per heavy atom. The van der Waals surface area contributed by atoms with Gasteiger partial charge in [0.2, 0.25) is 0 Å². The number of rotatable bonds is 4. The quantitative estimate of drug-likeness (QED) is 0.679. The van der Waals surface area contributed by atoms with Crippen LogP contribution in [0.15, 0.2) is 40.9 Å². The van der Waals surface area contributed by atoms with Crippen LogP contribution in [-0.2, 0) is 6.54 Å². The van der Waals surface area contributed by atoms with E-state index in [1.807, 2.05) is 0 Å². The molecule has 5 nitrogen and oxygen atoms in total. The van der Waals surface area contributed by atoms with Crippen LogP contribution in [0.1, 0.15) is 5.56 Å². The molecule has 0 saturated heterocycles. The molecule has 0 aliphatic carbocycles. The lowest BCUT2D eigenvalue weighted by atomic mass is 10.2. The van der Waals surface area contributed by atoms with Crippen molar-refractivity contribution in [2.24, 2.45) is 5.73 Å². The fourth-order valence-corrected chi connectivity index (χ4v) is 2.13. The van der Waals surface area contributed by atoms with E-state index < -0.39 is 10.7 Å². The predicted molar refractivity (Wildman–Crippen MR) is 75.2 cm³/mol. The van der Waals surface area contributed by atoms with Crippen LogP contribution in [-0.4, -0.2) is 4.92 Å². The van der Waals surface area contributed by atoms with Crippen molar-refractivity contribution in [1.82, 2.24) is 0 Å². The first kappa shape index (κ1) is 14.4. The highest BCUT2D eigenvalue weighted by Gasteiger charge is 2.16. The zero-order valence-corrected chi connectivity index (χ0v) is 11.8. The van der Waals surface area contributed by atoms with E-state index in [-0.39, 0.29) is 28.2 Å². The Labute approximate surface area is 122 Å². The molecule has 0 aromatic heterocycles. The van der Waals surface area contributed by atoms with Gasteiger partial charge in [-0.25, -0.2) is 4.39 Å². The molecule has 2 rings (SSSR count). The van der Waals surface area contributed by atoms with Gasteiger partial charge < -0.3 is 10.5 Å². The average Bonchev–Trinajstić information content (AvgIpc) is 2.40. The maximum absolute atomic E-state index is 13.4. The summed E-state index contributed by atoms with van der Waals surface area (Å²) in [5.41, 5.74) is 5.90. The normalized spacial score (nSPS) is 10.3. The van der Waals surface area contributed by atoms with Crippen molar-refractivity contribution in [2.75, 3.05) is 0 Å². The zero-order chi connectivity index (χ0) is 14.7. The Balaban J connectivity index is 2.37. The molecule has 0 aliphatic heterocycles. The maximum Gasteiger partial charge on any atom is 0.287 e. The van der Waals surface area contributed by atoms with Crippen LogP contribution in [0.5, 0.6) is 11.5 Å². The first-order valence-electron chi connectivity index (χ1n) is 5.61. The van der Waals surface area contributed by atoms with Crippen LogP contribution in [0.3, 0.4) is 0 Å². The fraction of sp³-hybridized carbons (Fsp3) is 0.0769. The number of nitrogens with zero attached hydrogens (tertiary/aromatic N) is 1. The topological polar surface area (TPSA) is 78.4 Å². The smallest absolute Gasteiger partial charge is 0.287 e. The standard InChI is InChI=1S/C13H10BrFN2O3/c14-13-11(17(18)19)2-1-3-12(13)20-10-5-8(7-16)4-9(15)6-10/h1-6H,7,16H2. The van der Waals surface area contributed by atoms with Crippen LogP contribution in [0.25, 0.3) is 0 Å². The first-order chi connectivity index (χ1) is 9.51. The Kier molecular flexibility index (Phi) is 4.31. The second-order valence-corrected chi connectivity index (χ2v) is 4.74. The molecule has 0 spiro atoms. The number of nitrogens with two attached hydrogens (primary N) is 1. The number of nitro groups is 1. The van der Waals surface area contributed by atoms with Gasteiger partial charge in [-0.1, -0.05) is 6.07 Å². The van der Waals surface area contributed by atoms with Crippen LogP contribution in [0.4, 0.5) is 10.1 Å². The molecular formula is C13H10BrFN2O3. The average molecular weight is 341 g/mol. The molecule has 20 heavy (non-hydrogen) atoms. The van der Waals surface area contributed by atoms with Crippen molar-refractivity contribution in [2.45, 2.75) is 6.54 Å². The third-order valence-electron chi connectivity index (χ3n) is 2.53. The summed E-state index contributed by atoms with van der Waals surface area (Å²) in [4.78, 5) is 10.3. The number of nitro benzene ring substituents is 1. The van der Waals surface area contributed by atoms with Gasteiger partial charge in [0.25, 0.3) is 5.69 Å². The summed E-state index contributed by atoms with van der Waals surface area (Å²) in [7, 11) is 0. The molecule has 2 aromatic rings. The third-order valence-corrected chi connectivity index (χ3v) is 3.33. The largest absolute Gasteiger partial charge is 0.456 e. The van der Waals surface area contributed by atoms with E-state index >= 15 is 0 Å². The summed E-state index contributed by atoms with van der Waals surface area (Å²) in [6, 6.07) is 8.44. The molecule has 104 valence electrons. The van der Waals surface area contributed by atoms with Gasteiger partial charge in [-0.05, 0) is 39.7 Å². The Morgan fingerprint density at radius 3 is 2.75 bits per heavy atom. The minimum Gasteiger partial charge on any atom is -0.456 e. The first-order valence-corrected chi connectivity index (χ1v) is 6.41. The molecule has 0 amide bonds. The third kappa shape index (κ3) is 3.12. The van der Waals surface area contributed by atoms with Gasteiger partial charge in [0, 0.05) is 18.7 Å². The van der Waals surface area contributed by atoms with E-state index in [0.29, 0.717) is 5.56 Å². The van der Waals surface area contributed by atoms with Crippen molar-refractivity contribution in [3.63, 3.8) is 0 Å². The molecule has 0 fully saturated rings. The van der Waals surface area contributed by atoms with Gasteiger partial charge in [0.1, 0.15) is 21.8 Å². The highest BCUT2D eigenvalue weighted by Crippen LogP contribution is 2.36. The summed E-state index contributed by atoms with van der Waals surface area (Å²) >= 11 is 3.11. The van der Waals surface area contributed by atoms with Gasteiger partial charge in [0.15, 0.2) is 0 Å². The van der Waals surface area contributed by atoms with Crippen molar-refractivity contribution in [1.29, 1.82) is 0 Å². The summed E-state index contributed by atoms with van der Waals surface area (Å²) in [5.74, 6) is -0.0241. The number of halogens is 2. The lowest BCUT2D eigenvalue weighted by molar-refractivity contribution is -0.385. The lowest BCUT2D eigenvalue weighted by Crippen LogP contribution is -1.98. The molecule has 7 heteroatoms. The Morgan fingerprint density at radius 2 is 2.10 bits per heavy atom. The summed E-state index contributed by atoms with van der Waals surface area (Å²) in [5, 5.41) is 10.8. The second-order valence-electron chi connectivity index (χ2n) is 3.95. The van der Waals surface area contributed by atoms with Crippen molar-refractivity contribution in [3.8, 4) is 11.5 Å². The minimum absolute atomic E-state index is 0.127. The molecular weight excluding hydrogens is 331 g/mol. The second kappa shape index (κ2) is 5.98. The van der Waals surface area contributed by atoms with Gasteiger partial charge in [-0.15, -0.1) is 0 Å². The van der Waals surface area contributed by atoms with Crippen molar-refractivity contribution < 1.29 is 14.1 Å². The SMILES string of the molecule is NCc1cc(F)cc(Oc2cccc([N+](=O)[O-])c2Br)c1. The van der Waals surface area contributed by atoms with E-state index in [9.17, 15) is 14.5 Å². The number of hydrogen-bond acceptors (Lipinski definition) is 4. The highest BCUT2D eigenvalue weighted by molar-refractivity contribution is 9.10. The summed E-state index contributed by atoms with van der Waals surface area (Å²) < 4.78 is 19.0. The molecule has 0 saturated carbocycles. The van der Waals surface area contributed by atoms with Crippen molar-refractivity contribution in [3.05, 3.63) is 62.4 Å². The van der Waals surface area contributed by atoms with Gasteiger partial charge in [-0.3, -0.25) is 10.1 Å². The van der Waals surface area contributed by atoms with E-state index in [0.717, 1.165) is 0 Å². The maximum atomic E-state index is 13.4. The van der Waals surface area contributed by atoms with E-state index in [2.05, 4.69) is 15.9 Å². The van der Waals surface area contributed by atoms with E-state index in [1.165, 1.54) is 24.3 Å². The monoisotopic (exact) mass is 340 g/mol. The van der Waals surface area contributed by atoms with Crippen LogP contribution >= 0.6 is 15.9 Å². The lowest BCUT2D eigenvalue weighted by Gasteiger charge is -2.09. The molecule has 2 aromatic carbocycles. The van der Waals surface area contributed by atoms with Crippen molar-refractivity contribution >= 4 is 21.6 Å². The van der Waals surface area contributed by atoms with Gasteiger partial charge >= 0.3 is 0 Å². The predicted octanol–water partition coefficient (Wildman–Crippen LogP) is 3.75.